The molecule has 6 aromatic rings. The van der Waals surface area contributed by atoms with E-state index >= 15 is 0 Å². The molecule has 0 amide bonds. The quantitative estimate of drug-likeness (QED) is 0.154. The Hall–Kier alpha value is -5.94. The molecule has 0 saturated carbocycles. The second-order valence-electron chi connectivity index (χ2n) is 18.0. The molecule has 2 N–H and O–H groups in total. The van der Waals surface area contributed by atoms with Crippen LogP contribution in [0.15, 0.2) is 82.9 Å². The number of hydrogen-bond donors (Lipinski definition) is 2. The number of nitrogens with one attached hydrogen (secondary N) is 2. The average molecular weight is 899 g/mol. The first kappa shape index (κ1) is 45.2. The molecular formula is C50H62N10O6. The summed E-state index contributed by atoms with van der Waals surface area (Å²) in [7, 11) is 0. The lowest BCUT2D eigenvalue weighted by Crippen LogP contribution is -2.41. The van der Waals surface area contributed by atoms with Crippen molar-refractivity contribution in [2.75, 3.05) is 78.8 Å². The van der Waals surface area contributed by atoms with Gasteiger partial charge in [-0.2, -0.15) is 0 Å². The molecule has 10 heterocycles. The van der Waals surface area contributed by atoms with Gasteiger partial charge in [0.15, 0.2) is 23.0 Å². The zero-order valence-corrected chi connectivity index (χ0v) is 38.3. The van der Waals surface area contributed by atoms with Gasteiger partial charge in [0.05, 0.1) is 45.8 Å². The zero-order valence-electron chi connectivity index (χ0n) is 38.3. The number of likely N-dealkylation sites (tertiary alicyclic amines) is 2. The van der Waals surface area contributed by atoms with E-state index in [1.54, 1.807) is 24.5 Å². The summed E-state index contributed by atoms with van der Waals surface area (Å²) in [5.41, 5.74) is 7.72. The Balaban J connectivity index is 0.000000166. The van der Waals surface area contributed by atoms with Crippen molar-refractivity contribution in [1.29, 1.82) is 0 Å². The predicted molar refractivity (Wildman–Crippen MR) is 254 cm³/mol. The molecule has 0 bridgehead atoms. The molecule has 0 aliphatic carbocycles. The van der Waals surface area contributed by atoms with E-state index in [2.05, 4.69) is 52.5 Å². The summed E-state index contributed by atoms with van der Waals surface area (Å²) in [6, 6.07) is 14.9. The fourth-order valence-electron chi connectivity index (χ4n) is 9.50. The molecular weight excluding hydrogens is 837 g/mol. The van der Waals surface area contributed by atoms with Gasteiger partial charge >= 0.3 is 0 Å². The van der Waals surface area contributed by atoms with Crippen LogP contribution in [0.25, 0.3) is 22.1 Å². The molecule has 0 aromatic carbocycles. The molecule has 2 saturated heterocycles. The first-order valence-electron chi connectivity index (χ1n) is 23.6. The number of nitrogens with zero attached hydrogens (tertiary/aromatic N) is 8. The van der Waals surface area contributed by atoms with E-state index in [9.17, 15) is 9.59 Å². The zero-order chi connectivity index (χ0) is 45.2. The van der Waals surface area contributed by atoms with Crippen molar-refractivity contribution < 1.29 is 18.9 Å². The lowest BCUT2D eigenvalue weighted by atomic mass is 9.98. The fourth-order valence-corrected chi connectivity index (χ4v) is 9.50. The molecule has 348 valence electrons. The van der Waals surface area contributed by atoms with E-state index in [1.807, 2.05) is 59.6 Å². The first-order valence-corrected chi connectivity index (χ1v) is 23.6. The third-order valence-corrected chi connectivity index (χ3v) is 12.9. The Morgan fingerprint density at radius 3 is 1.44 bits per heavy atom. The van der Waals surface area contributed by atoms with Gasteiger partial charge in [0.25, 0.3) is 11.1 Å². The lowest BCUT2D eigenvalue weighted by Gasteiger charge is -2.33. The van der Waals surface area contributed by atoms with Crippen molar-refractivity contribution in [1.82, 2.24) is 49.5 Å². The minimum Gasteiger partial charge on any atom is -0.486 e. The smallest absolute Gasteiger partial charge is 0.251 e. The van der Waals surface area contributed by atoms with Crippen molar-refractivity contribution in [3.63, 3.8) is 0 Å². The maximum absolute atomic E-state index is 12.5. The van der Waals surface area contributed by atoms with Crippen LogP contribution in [0.5, 0.6) is 23.0 Å². The van der Waals surface area contributed by atoms with E-state index in [-0.39, 0.29) is 11.1 Å². The molecule has 66 heavy (non-hydrogen) atoms. The van der Waals surface area contributed by atoms with E-state index in [0.717, 1.165) is 120 Å². The van der Waals surface area contributed by atoms with Gasteiger partial charge in [0.1, 0.15) is 26.4 Å². The SMILES string of the molecule is Cc1cnc2ccc(=O)n(CCN3CCCC(CNCc4cc5c(cn4)OCCO5)C3)c2c1.Cc1cnc2ccc(=O)n(CCN3CCCC(CNCc4cc5c(cn4)OCCO5)C3)c2c1. The second-order valence-corrected chi connectivity index (χ2v) is 18.0. The summed E-state index contributed by atoms with van der Waals surface area (Å²) >= 11 is 0. The van der Waals surface area contributed by atoms with Crippen molar-refractivity contribution >= 4 is 22.1 Å². The summed E-state index contributed by atoms with van der Waals surface area (Å²) in [5, 5.41) is 7.13. The van der Waals surface area contributed by atoms with Crippen LogP contribution < -0.4 is 40.7 Å². The first-order chi connectivity index (χ1) is 32.3. The molecule has 16 heteroatoms. The number of piperidine rings is 2. The predicted octanol–water partition coefficient (Wildman–Crippen LogP) is 4.75. The van der Waals surface area contributed by atoms with Crippen molar-refractivity contribution in [2.45, 2.75) is 65.7 Å². The molecule has 6 aromatic heterocycles. The highest BCUT2D eigenvalue weighted by Crippen LogP contribution is 2.30. The maximum Gasteiger partial charge on any atom is 0.251 e. The molecule has 0 radical (unpaired) electrons. The number of ether oxygens (including phenoxy) is 4. The van der Waals surface area contributed by atoms with Crippen LogP contribution in [0.3, 0.4) is 0 Å². The van der Waals surface area contributed by atoms with Gasteiger partial charge in [0.2, 0.25) is 0 Å². The fraction of sp³-hybridized carbons (Fsp3) is 0.480. The summed E-state index contributed by atoms with van der Waals surface area (Å²) in [6.07, 6.45) is 12.0. The molecule has 10 rings (SSSR count). The minimum atomic E-state index is 0.0389. The van der Waals surface area contributed by atoms with Gasteiger partial charge in [0, 0.05) is 89.0 Å². The van der Waals surface area contributed by atoms with Gasteiger partial charge in [-0.05, 0) is 113 Å². The van der Waals surface area contributed by atoms with Gasteiger partial charge in [-0.3, -0.25) is 29.5 Å². The third-order valence-electron chi connectivity index (χ3n) is 12.9. The number of hydrogen-bond acceptors (Lipinski definition) is 14. The van der Waals surface area contributed by atoms with Gasteiger partial charge < -0.3 is 48.5 Å². The summed E-state index contributed by atoms with van der Waals surface area (Å²) in [4.78, 5) is 47.9. The highest BCUT2D eigenvalue weighted by atomic mass is 16.6. The van der Waals surface area contributed by atoms with Crippen molar-refractivity contribution in [3.05, 3.63) is 117 Å². The van der Waals surface area contributed by atoms with Gasteiger partial charge in [-0.1, -0.05) is 0 Å². The van der Waals surface area contributed by atoms with Crippen LogP contribution in [0.1, 0.15) is 48.2 Å². The molecule has 2 fully saturated rings. The van der Waals surface area contributed by atoms with Crippen LogP contribution in [0.4, 0.5) is 0 Å². The van der Waals surface area contributed by atoms with Crippen LogP contribution in [-0.2, 0) is 26.2 Å². The molecule has 16 nitrogen and oxygen atoms in total. The standard InChI is InChI=1S/2C25H31N5O3/c2*1-18-11-22-21(28-13-18)4-5-25(31)30(22)8-7-29-6-2-3-19(17-29)14-26-15-20-12-23-24(16-27-20)33-10-9-32-23/h2*4-5,11-13,16,19,26H,2-3,6-10,14-15,17H2,1H3. The van der Waals surface area contributed by atoms with Gasteiger partial charge in [-0.25, -0.2) is 0 Å². The molecule has 0 spiro atoms. The average Bonchev–Trinajstić information content (AvgIpc) is 3.34. The molecule has 4 aliphatic rings. The number of rotatable bonds is 14. The topological polar surface area (TPSA) is 163 Å². The number of pyridine rings is 6. The van der Waals surface area contributed by atoms with E-state index in [0.29, 0.717) is 64.4 Å². The Bertz CT molecular complexity index is 2540. The third kappa shape index (κ3) is 11.5. The largest absolute Gasteiger partial charge is 0.486 e. The van der Waals surface area contributed by atoms with Crippen molar-refractivity contribution in [3.8, 4) is 23.0 Å². The summed E-state index contributed by atoms with van der Waals surface area (Å²) < 4.78 is 26.1. The summed E-state index contributed by atoms with van der Waals surface area (Å²) in [5.74, 6) is 4.19. The number of aromatic nitrogens is 6. The van der Waals surface area contributed by atoms with E-state index in [1.165, 1.54) is 25.7 Å². The monoisotopic (exact) mass is 898 g/mol. The normalized spacial score (nSPS) is 18.5. The Labute approximate surface area is 385 Å². The van der Waals surface area contributed by atoms with Crippen LogP contribution >= 0.6 is 0 Å². The highest BCUT2D eigenvalue weighted by Gasteiger charge is 2.22. The Morgan fingerprint density at radius 2 is 0.985 bits per heavy atom. The summed E-state index contributed by atoms with van der Waals surface area (Å²) in [6.45, 7) is 17.0. The second kappa shape index (κ2) is 21.6. The highest BCUT2D eigenvalue weighted by molar-refractivity contribution is 5.75. The number of fused-ring (bicyclic) bond motifs is 4. The van der Waals surface area contributed by atoms with Crippen LogP contribution in [0, 0.1) is 25.7 Å². The van der Waals surface area contributed by atoms with E-state index in [4.69, 9.17) is 18.9 Å². The van der Waals surface area contributed by atoms with Crippen LogP contribution in [-0.4, -0.2) is 118 Å². The lowest BCUT2D eigenvalue weighted by molar-refractivity contribution is 0.166. The minimum absolute atomic E-state index is 0.0389. The Morgan fingerprint density at radius 1 is 0.545 bits per heavy atom. The molecule has 4 aliphatic heterocycles. The van der Waals surface area contributed by atoms with Crippen LogP contribution in [0.2, 0.25) is 0 Å². The Kier molecular flexibility index (Phi) is 14.8. The van der Waals surface area contributed by atoms with E-state index < -0.39 is 0 Å². The van der Waals surface area contributed by atoms with Gasteiger partial charge in [-0.15, -0.1) is 0 Å². The van der Waals surface area contributed by atoms with Crippen molar-refractivity contribution in [2.24, 2.45) is 11.8 Å². The molecule has 2 atom stereocenters. The number of aryl methyl sites for hydroxylation is 2. The molecule has 2 unspecified atom stereocenters. The maximum atomic E-state index is 12.5.